The number of fused-ring (bicyclic) bond motifs is 1. The molecular weight excluding hydrogens is 210 g/mol. The standard InChI is InChI=1S/C11H9NO2S/c1-6-5-9(15)12(2)11-8(14)4-3-7(13)10(6)11/h3-5H,1-2H3. The van der Waals surface area contributed by atoms with Crippen molar-refractivity contribution in [3.63, 3.8) is 0 Å². The van der Waals surface area contributed by atoms with Crippen LogP contribution in [0.15, 0.2) is 18.2 Å². The summed E-state index contributed by atoms with van der Waals surface area (Å²) in [6.45, 7) is 1.79. The number of pyridine rings is 1. The van der Waals surface area contributed by atoms with Crippen molar-refractivity contribution in [2.75, 3.05) is 0 Å². The Morgan fingerprint density at radius 2 is 1.80 bits per heavy atom. The summed E-state index contributed by atoms with van der Waals surface area (Å²) in [6.07, 6.45) is 2.60. The summed E-state index contributed by atoms with van der Waals surface area (Å²) in [4.78, 5) is 23.3. The maximum Gasteiger partial charge on any atom is 0.203 e. The maximum absolute atomic E-state index is 11.7. The Kier molecular flexibility index (Phi) is 2.16. The van der Waals surface area contributed by atoms with E-state index in [1.807, 2.05) is 0 Å². The predicted octanol–water partition coefficient (Wildman–Crippen LogP) is 2.00. The fraction of sp³-hybridized carbons (Fsp3) is 0.182. The molecule has 2 rings (SSSR count). The highest BCUT2D eigenvalue weighted by Gasteiger charge is 2.23. The van der Waals surface area contributed by atoms with E-state index in [0.29, 0.717) is 15.9 Å². The molecule has 1 aromatic heterocycles. The van der Waals surface area contributed by atoms with Gasteiger partial charge in [-0.1, -0.05) is 12.2 Å². The van der Waals surface area contributed by atoms with Crippen LogP contribution in [0.3, 0.4) is 0 Å². The van der Waals surface area contributed by atoms with E-state index < -0.39 is 0 Å². The van der Waals surface area contributed by atoms with Crippen LogP contribution in [0, 0.1) is 11.6 Å². The van der Waals surface area contributed by atoms with Gasteiger partial charge in [-0.3, -0.25) is 9.59 Å². The minimum absolute atomic E-state index is 0.132. The summed E-state index contributed by atoms with van der Waals surface area (Å²) in [7, 11) is 1.70. The number of aryl methyl sites for hydroxylation is 1. The van der Waals surface area contributed by atoms with E-state index in [9.17, 15) is 9.59 Å². The smallest absolute Gasteiger partial charge is 0.203 e. The summed E-state index contributed by atoms with van der Waals surface area (Å²) in [5.41, 5.74) is 1.63. The molecule has 0 atom stereocenters. The first-order valence-corrected chi connectivity index (χ1v) is 4.90. The molecule has 0 N–H and O–H groups in total. The molecule has 0 amide bonds. The van der Waals surface area contributed by atoms with Crippen LogP contribution < -0.4 is 0 Å². The molecule has 1 aliphatic carbocycles. The average Bonchev–Trinajstić information content (AvgIpc) is 2.18. The Balaban J connectivity index is 2.93. The highest BCUT2D eigenvalue weighted by Crippen LogP contribution is 2.20. The zero-order valence-electron chi connectivity index (χ0n) is 8.40. The fourth-order valence-electron chi connectivity index (χ4n) is 1.73. The van der Waals surface area contributed by atoms with Crippen molar-refractivity contribution < 1.29 is 9.59 Å². The molecular formula is C11H9NO2S. The van der Waals surface area contributed by atoms with Crippen LogP contribution in [0.2, 0.25) is 0 Å². The molecule has 1 heterocycles. The van der Waals surface area contributed by atoms with Crippen molar-refractivity contribution in [1.29, 1.82) is 0 Å². The average molecular weight is 219 g/mol. The van der Waals surface area contributed by atoms with Gasteiger partial charge in [0, 0.05) is 7.05 Å². The van der Waals surface area contributed by atoms with Crippen LogP contribution in [-0.4, -0.2) is 16.1 Å². The molecule has 0 spiro atoms. The third kappa shape index (κ3) is 1.37. The molecule has 0 saturated heterocycles. The van der Waals surface area contributed by atoms with Gasteiger partial charge in [-0.15, -0.1) is 0 Å². The number of hydrogen-bond acceptors (Lipinski definition) is 3. The molecule has 0 radical (unpaired) electrons. The molecule has 1 aromatic rings. The molecule has 4 heteroatoms. The van der Waals surface area contributed by atoms with Crippen molar-refractivity contribution >= 4 is 23.8 Å². The van der Waals surface area contributed by atoms with E-state index in [2.05, 4.69) is 0 Å². The molecule has 0 fully saturated rings. The normalized spacial score (nSPS) is 14.3. The molecule has 0 aromatic carbocycles. The number of ketones is 2. The van der Waals surface area contributed by atoms with Crippen LogP contribution in [-0.2, 0) is 7.05 Å². The summed E-state index contributed by atoms with van der Waals surface area (Å²) >= 11 is 5.09. The largest absolute Gasteiger partial charge is 0.332 e. The van der Waals surface area contributed by atoms with Gasteiger partial charge in [0.05, 0.1) is 5.56 Å². The van der Waals surface area contributed by atoms with Crippen LogP contribution in [0.5, 0.6) is 0 Å². The molecule has 1 aliphatic rings. The first-order chi connectivity index (χ1) is 7.02. The van der Waals surface area contributed by atoms with Crippen molar-refractivity contribution in [2.24, 2.45) is 7.05 Å². The minimum atomic E-state index is -0.165. The van der Waals surface area contributed by atoms with Crippen molar-refractivity contribution in [3.05, 3.63) is 39.7 Å². The van der Waals surface area contributed by atoms with Gasteiger partial charge in [0.1, 0.15) is 10.3 Å². The number of carbonyl (C=O) groups is 2. The minimum Gasteiger partial charge on any atom is -0.332 e. The lowest BCUT2D eigenvalue weighted by Crippen LogP contribution is -2.20. The summed E-state index contributed by atoms with van der Waals surface area (Å²) in [5, 5.41) is 0. The van der Waals surface area contributed by atoms with E-state index in [1.54, 1.807) is 24.6 Å². The molecule has 0 aliphatic heterocycles. The lowest BCUT2D eigenvalue weighted by atomic mass is 9.95. The zero-order valence-corrected chi connectivity index (χ0v) is 9.22. The van der Waals surface area contributed by atoms with Gasteiger partial charge in [-0.25, -0.2) is 0 Å². The quantitative estimate of drug-likeness (QED) is 0.626. The fourth-order valence-corrected chi connectivity index (χ4v) is 2.00. The molecule has 15 heavy (non-hydrogen) atoms. The molecule has 0 unspecified atom stereocenters. The van der Waals surface area contributed by atoms with Gasteiger partial charge >= 0.3 is 0 Å². The second-order valence-electron chi connectivity index (χ2n) is 3.51. The van der Waals surface area contributed by atoms with E-state index in [0.717, 1.165) is 5.56 Å². The van der Waals surface area contributed by atoms with Crippen molar-refractivity contribution in [1.82, 2.24) is 4.57 Å². The van der Waals surface area contributed by atoms with Crippen molar-refractivity contribution in [2.45, 2.75) is 6.92 Å². The van der Waals surface area contributed by atoms with E-state index >= 15 is 0 Å². The second-order valence-corrected chi connectivity index (χ2v) is 3.93. The molecule has 0 saturated carbocycles. The highest BCUT2D eigenvalue weighted by atomic mass is 32.1. The number of carbonyl (C=O) groups excluding carboxylic acids is 2. The SMILES string of the molecule is Cc1cc(=S)n(C)c2c1C(=O)C=CC2=O. The second kappa shape index (κ2) is 3.24. The van der Waals surface area contributed by atoms with Gasteiger partial charge in [-0.05, 0) is 30.7 Å². The number of aromatic nitrogens is 1. The predicted molar refractivity (Wildman–Crippen MR) is 58.8 cm³/mol. The van der Waals surface area contributed by atoms with Crippen LogP contribution in [0.4, 0.5) is 0 Å². The number of nitrogens with zero attached hydrogens (tertiary/aromatic N) is 1. The van der Waals surface area contributed by atoms with E-state index in [1.165, 1.54) is 12.2 Å². The van der Waals surface area contributed by atoms with Gasteiger partial charge in [0.25, 0.3) is 0 Å². The highest BCUT2D eigenvalue weighted by molar-refractivity contribution is 7.71. The number of hydrogen-bond donors (Lipinski definition) is 0. The maximum atomic E-state index is 11.7. The Hall–Kier alpha value is -1.55. The monoisotopic (exact) mass is 219 g/mol. The lowest BCUT2D eigenvalue weighted by Gasteiger charge is -2.15. The molecule has 0 bridgehead atoms. The Labute approximate surface area is 92.0 Å². The third-order valence-electron chi connectivity index (χ3n) is 2.50. The van der Waals surface area contributed by atoms with Gasteiger partial charge < -0.3 is 4.57 Å². The van der Waals surface area contributed by atoms with Crippen molar-refractivity contribution in [3.8, 4) is 0 Å². The Morgan fingerprint density at radius 1 is 1.20 bits per heavy atom. The summed E-state index contributed by atoms with van der Waals surface area (Å²) in [6, 6.07) is 1.73. The molecule has 3 nitrogen and oxygen atoms in total. The number of allylic oxidation sites excluding steroid dienone is 2. The van der Waals surface area contributed by atoms with E-state index in [4.69, 9.17) is 12.2 Å². The van der Waals surface area contributed by atoms with E-state index in [-0.39, 0.29) is 11.6 Å². The molecule has 76 valence electrons. The van der Waals surface area contributed by atoms with Gasteiger partial charge in [-0.2, -0.15) is 0 Å². The van der Waals surface area contributed by atoms with Crippen LogP contribution >= 0.6 is 12.2 Å². The van der Waals surface area contributed by atoms with Gasteiger partial charge in [0.2, 0.25) is 5.78 Å². The first-order valence-electron chi connectivity index (χ1n) is 4.49. The topological polar surface area (TPSA) is 39.1 Å². The Morgan fingerprint density at radius 3 is 2.47 bits per heavy atom. The third-order valence-corrected chi connectivity index (χ3v) is 2.89. The van der Waals surface area contributed by atoms with Crippen LogP contribution in [0.25, 0.3) is 0 Å². The number of rotatable bonds is 0. The zero-order chi connectivity index (χ0) is 11.2. The lowest BCUT2D eigenvalue weighted by molar-refractivity contribution is 0.0986. The van der Waals surface area contributed by atoms with Crippen LogP contribution in [0.1, 0.15) is 26.4 Å². The summed E-state index contributed by atoms with van der Waals surface area (Å²) in [5.74, 6) is -0.297. The summed E-state index contributed by atoms with van der Waals surface area (Å²) < 4.78 is 2.14. The Bertz CT molecular complexity index is 567. The van der Waals surface area contributed by atoms with Gasteiger partial charge in [0.15, 0.2) is 5.78 Å². The first kappa shape index (κ1) is 9.98.